The average molecular weight is 448 g/mol. The van der Waals surface area contributed by atoms with Crippen molar-refractivity contribution in [1.82, 2.24) is 20.0 Å². The third-order valence-electron chi connectivity index (χ3n) is 8.24. The van der Waals surface area contributed by atoms with E-state index in [1.807, 2.05) is 4.68 Å². The summed E-state index contributed by atoms with van der Waals surface area (Å²) in [6, 6.07) is 6.91. The quantitative estimate of drug-likeness (QED) is 0.630. The maximum absolute atomic E-state index is 4.92. The number of hydrogen-bond acceptors (Lipinski definition) is 4. The Morgan fingerprint density at radius 2 is 1.82 bits per heavy atom. The van der Waals surface area contributed by atoms with E-state index in [-0.39, 0.29) is 5.92 Å². The average Bonchev–Trinajstić information content (AvgIpc) is 3.16. The van der Waals surface area contributed by atoms with E-state index in [1.54, 1.807) is 0 Å². The zero-order valence-electron chi connectivity index (χ0n) is 20.5. The predicted octanol–water partition coefficient (Wildman–Crippen LogP) is 5.55. The second-order valence-corrected chi connectivity index (χ2v) is 10.5. The molecule has 2 aromatic rings. The van der Waals surface area contributed by atoms with Crippen LogP contribution in [0.3, 0.4) is 0 Å². The van der Waals surface area contributed by atoms with Crippen LogP contribution < -0.4 is 10.2 Å². The van der Waals surface area contributed by atoms with Gasteiger partial charge in [-0.3, -0.25) is 9.58 Å². The van der Waals surface area contributed by atoms with Crippen molar-refractivity contribution in [2.24, 2.45) is 13.0 Å². The highest BCUT2D eigenvalue weighted by Crippen LogP contribution is 2.36. The molecule has 0 radical (unpaired) electrons. The van der Waals surface area contributed by atoms with Gasteiger partial charge in [-0.15, -0.1) is 0 Å². The first-order valence-electron chi connectivity index (χ1n) is 13.2. The minimum Gasteiger partial charge on any atom is -0.369 e. The van der Waals surface area contributed by atoms with Crippen molar-refractivity contribution in [2.75, 3.05) is 37.6 Å². The molecule has 1 aromatic carbocycles. The van der Waals surface area contributed by atoms with Crippen molar-refractivity contribution in [3.8, 4) is 0 Å². The molecule has 3 fully saturated rings. The standard InChI is InChI=1S/C28H41N5/c1-21-11-13-25(22(2)29-21)28-26-14-12-24(20-27(26)31(3)30-28)33-18-16-32(17-19-33)15-7-10-23-8-5-4-6-9-23/h12,14,20,23,25,29H,1-2,4-11,13,15-19H2,3H3. The Morgan fingerprint density at radius 3 is 2.58 bits per heavy atom. The molecule has 3 aliphatic rings. The zero-order valence-corrected chi connectivity index (χ0v) is 20.5. The third-order valence-corrected chi connectivity index (χ3v) is 8.24. The van der Waals surface area contributed by atoms with Crippen LogP contribution in [0.2, 0.25) is 0 Å². The maximum atomic E-state index is 4.92. The number of piperidine rings is 1. The highest BCUT2D eigenvalue weighted by Gasteiger charge is 2.26. The second kappa shape index (κ2) is 9.92. The summed E-state index contributed by atoms with van der Waals surface area (Å²) < 4.78 is 2.05. The van der Waals surface area contributed by atoms with Crippen LogP contribution in [0, 0.1) is 5.92 Å². The number of aryl methyl sites for hydroxylation is 1. The Bertz CT molecular complexity index is 991. The van der Waals surface area contributed by atoms with Crippen LogP contribution in [0.5, 0.6) is 0 Å². The minimum absolute atomic E-state index is 0.252. The molecule has 1 saturated carbocycles. The fraction of sp³-hybridized carbons (Fsp3) is 0.607. The third kappa shape index (κ3) is 4.98. The zero-order chi connectivity index (χ0) is 22.8. The van der Waals surface area contributed by atoms with Crippen molar-refractivity contribution in [3.05, 3.63) is 48.4 Å². The normalized spacial score (nSPS) is 23.3. The number of hydrogen-bond donors (Lipinski definition) is 1. The lowest BCUT2D eigenvalue weighted by Gasteiger charge is -2.36. The molecule has 178 valence electrons. The Labute approximate surface area is 199 Å². The van der Waals surface area contributed by atoms with Crippen LogP contribution in [0.25, 0.3) is 10.9 Å². The van der Waals surface area contributed by atoms with Crippen LogP contribution in [-0.2, 0) is 7.05 Å². The Morgan fingerprint density at radius 1 is 1.03 bits per heavy atom. The lowest BCUT2D eigenvalue weighted by atomic mass is 9.86. The van der Waals surface area contributed by atoms with Crippen LogP contribution in [0.4, 0.5) is 5.69 Å². The molecule has 33 heavy (non-hydrogen) atoms. The number of rotatable bonds is 6. The number of allylic oxidation sites excluding steroid dienone is 2. The lowest BCUT2D eigenvalue weighted by molar-refractivity contribution is 0.237. The minimum atomic E-state index is 0.252. The predicted molar refractivity (Wildman–Crippen MR) is 139 cm³/mol. The molecule has 1 aromatic heterocycles. The monoisotopic (exact) mass is 447 g/mol. The van der Waals surface area contributed by atoms with Gasteiger partial charge in [-0.25, -0.2) is 0 Å². The number of nitrogens with zero attached hydrogens (tertiary/aromatic N) is 4. The Balaban J connectivity index is 1.19. The highest BCUT2D eigenvalue weighted by molar-refractivity contribution is 5.86. The van der Waals surface area contributed by atoms with E-state index < -0.39 is 0 Å². The van der Waals surface area contributed by atoms with E-state index in [4.69, 9.17) is 5.10 Å². The fourth-order valence-electron chi connectivity index (χ4n) is 6.21. The van der Waals surface area contributed by atoms with E-state index in [9.17, 15) is 0 Å². The van der Waals surface area contributed by atoms with Crippen molar-refractivity contribution >= 4 is 16.6 Å². The molecule has 0 spiro atoms. The molecular weight excluding hydrogens is 406 g/mol. The summed E-state index contributed by atoms with van der Waals surface area (Å²) in [4.78, 5) is 5.23. The van der Waals surface area contributed by atoms with Crippen LogP contribution in [-0.4, -0.2) is 47.4 Å². The topological polar surface area (TPSA) is 36.3 Å². The van der Waals surface area contributed by atoms with Crippen molar-refractivity contribution in [3.63, 3.8) is 0 Å². The molecule has 3 heterocycles. The molecule has 5 rings (SSSR count). The van der Waals surface area contributed by atoms with Crippen LogP contribution in [0.15, 0.2) is 42.8 Å². The second-order valence-electron chi connectivity index (χ2n) is 10.5. The summed E-state index contributed by atoms with van der Waals surface area (Å²) >= 11 is 0. The van der Waals surface area contributed by atoms with Gasteiger partial charge in [0.2, 0.25) is 0 Å². The van der Waals surface area contributed by atoms with Crippen LogP contribution >= 0.6 is 0 Å². The smallest absolute Gasteiger partial charge is 0.0792 e. The van der Waals surface area contributed by atoms with Gasteiger partial charge in [-0.1, -0.05) is 45.3 Å². The van der Waals surface area contributed by atoms with Gasteiger partial charge in [-0.05, 0) is 56.3 Å². The molecule has 5 nitrogen and oxygen atoms in total. The van der Waals surface area contributed by atoms with Crippen molar-refractivity contribution in [1.29, 1.82) is 0 Å². The van der Waals surface area contributed by atoms with Gasteiger partial charge >= 0.3 is 0 Å². The van der Waals surface area contributed by atoms with Gasteiger partial charge in [-0.2, -0.15) is 5.10 Å². The van der Waals surface area contributed by atoms with Gasteiger partial charge < -0.3 is 10.2 Å². The number of piperazine rings is 1. The van der Waals surface area contributed by atoms with Gasteiger partial charge in [0.1, 0.15) is 0 Å². The molecule has 2 aliphatic heterocycles. The Hall–Kier alpha value is -2.27. The molecule has 1 aliphatic carbocycles. The number of aromatic nitrogens is 2. The molecule has 5 heteroatoms. The van der Waals surface area contributed by atoms with Crippen molar-refractivity contribution < 1.29 is 0 Å². The summed E-state index contributed by atoms with van der Waals surface area (Å²) in [6.45, 7) is 14.2. The van der Waals surface area contributed by atoms with E-state index >= 15 is 0 Å². The summed E-state index contributed by atoms with van der Waals surface area (Å²) in [7, 11) is 2.07. The summed E-state index contributed by atoms with van der Waals surface area (Å²) in [5.41, 5.74) is 5.77. The van der Waals surface area contributed by atoms with Crippen LogP contribution in [0.1, 0.15) is 69.4 Å². The molecule has 1 atom stereocenters. The first-order chi connectivity index (χ1) is 16.1. The van der Waals surface area contributed by atoms with Gasteiger partial charge in [0.15, 0.2) is 0 Å². The van der Waals surface area contributed by atoms with Gasteiger partial charge in [0.05, 0.1) is 11.2 Å². The SMILES string of the molecule is C=C1CCC(c2nn(C)c3cc(N4CCN(CCCC5CCCCC5)CC4)ccc23)C(=C)N1. The highest BCUT2D eigenvalue weighted by atomic mass is 15.3. The molecular formula is C28H41N5. The Kier molecular flexibility index (Phi) is 6.77. The maximum Gasteiger partial charge on any atom is 0.0792 e. The molecule has 0 bridgehead atoms. The number of benzene rings is 1. The number of anilines is 1. The van der Waals surface area contributed by atoms with E-state index in [1.165, 1.54) is 81.2 Å². The first-order valence-corrected chi connectivity index (χ1v) is 13.2. The van der Waals surface area contributed by atoms with Crippen molar-refractivity contribution in [2.45, 2.75) is 63.7 Å². The van der Waals surface area contributed by atoms with E-state index in [2.05, 4.69) is 53.5 Å². The first kappa shape index (κ1) is 22.5. The largest absolute Gasteiger partial charge is 0.369 e. The summed E-state index contributed by atoms with van der Waals surface area (Å²) in [5.74, 6) is 1.26. The molecule has 2 saturated heterocycles. The summed E-state index contributed by atoms with van der Waals surface area (Å²) in [6.07, 6.45) is 12.2. The number of nitrogens with one attached hydrogen (secondary N) is 1. The molecule has 1 unspecified atom stereocenters. The van der Waals surface area contributed by atoms with E-state index in [0.717, 1.165) is 48.9 Å². The van der Waals surface area contributed by atoms with Gasteiger partial charge in [0.25, 0.3) is 0 Å². The molecule has 1 N–H and O–H groups in total. The number of fused-ring (bicyclic) bond motifs is 1. The lowest BCUT2D eigenvalue weighted by Crippen LogP contribution is -2.46. The van der Waals surface area contributed by atoms with E-state index in [0.29, 0.717) is 0 Å². The molecule has 0 amide bonds. The van der Waals surface area contributed by atoms with Gasteiger partial charge in [0, 0.05) is 61.6 Å². The summed E-state index contributed by atoms with van der Waals surface area (Å²) in [5, 5.41) is 9.52. The fourth-order valence-corrected chi connectivity index (χ4v) is 6.21.